The van der Waals surface area contributed by atoms with Gasteiger partial charge in [0.2, 0.25) is 5.91 Å². The minimum Gasteiger partial charge on any atom is -0.384 e. The highest BCUT2D eigenvalue weighted by atomic mass is 32.1. The van der Waals surface area contributed by atoms with Gasteiger partial charge in [-0.05, 0) is 29.9 Å². The van der Waals surface area contributed by atoms with Gasteiger partial charge in [0.15, 0.2) is 0 Å². The zero-order chi connectivity index (χ0) is 14.3. The molecule has 0 saturated carbocycles. The Hall–Kier alpha value is -1.31. The molecule has 1 rings (SSSR count). The zero-order valence-corrected chi connectivity index (χ0v) is 12.6. The predicted octanol–water partition coefficient (Wildman–Crippen LogP) is 2.49. The molecular formula is C15H21NO2S. The van der Waals surface area contributed by atoms with Crippen molar-refractivity contribution in [2.24, 2.45) is 5.92 Å². The number of carbonyl (C=O) groups is 1. The first-order chi connectivity index (χ1) is 9.12. The number of aliphatic hydroxyl groups is 1. The first kappa shape index (κ1) is 15.7. The van der Waals surface area contributed by atoms with Gasteiger partial charge < -0.3 is 10.0 Å². The molecule has 0 atom stereocenters. The highest BCUT2D eigenvalue weighted by Crippen LogP contribution is 2.17. The molecule has 1 aromatic rings. The second kappa shape index (κ2) is 7.98. The third-order valence-electron chi connectivity index (χ3n) is 3.08. The summed E-state index contributed by atoms with van der Waals surface area (Å²) in [5.41, 5.74) is 1.09. The fourth-order valence-electron chi connectivity index (χ4n) is 1.95. The van der Waals surface area contributed by atoms with Gasteiger partial charge in [0.1, 0.15) is 6.61 Å². The summed E-state index contributed by atoms with van der Waals surface area (Å²) in [5, 5.41) is 10.7. The summed E-state index contributed by atoms with van der Waals surface area (Å²) in [6, 6.07) is 1.98. The van der Waals surface area contributed by atoms with Gasteiger partial charge >= 0.3 is 0 Å². The molecule has 104 valence electrons. The molecular weight excluding hydrogens is 258 g/mol. The van der Waals surface area contributed by atoms with Crippen molar-refractivity contribution in [1.29, 1.82) is 0 Å². The van der Waals surface area contributed by atoms with Gasteiger partial charge in [-0.3, -0.25) is 4.79 Å². The monoisotopic (exact) mass is 279 g/mol. The van der Waals surface area contributed by atoms with Crippen molar-refractivity contribution < 1.29 is 9.90 Å². The van der Waals surface area contributed by atoms with Crippen LogP contribution in [0.4, 0.5) is 0 Å². The summed E-state index contributed by atoms with van der Waals surface area (Å²) in [4.78, 5) is 14.9. The first-order valence-electron chi connectivity index (χ1n) is 6.54. The largest absolute Gasteiger partial charge is 0.384 e. The third kappa shape index (κ3) is 4.70. The number of amides is 1. The molecule has 0 radical (unpaired) electrons. The number of hydrogen-bond donors (Lipinski definition) is 1. The van der Waals surface area contributed by atoms with E-state index in [2.05, 4.69) is 11.8 Å². The molecule has 0 bridgehead atoms. The maximum atomic E-state index is 12.2. The van der Waals surface area contributed by atoms with Crippen LogP contribution in [0.25, 0.3) is 0 Å². The Labute approximate surface area is 119 Å². The van der Waals surface area contributed by atoms with Crippen molar-refractivity contribution in [3.05, 3.63) is 21.9 Å². The number of rotatable bonds is 5. The zero-order valence-electron chi connectivity index (χ0n) is 11.8. The molecule has 1 N–H and O–H groups in total. The van der Waals surface area contributed by atoms with E-state index in [0.29, 0.717) is 6.54 Å². The van der Waals surface area contributed by atoms with E-state index in [9.17, 15) is 4.79 Å². The van der Waals surface area contributed by atoms with E-state index in [1.54, 1.807) is 16.2 Å². The van der Waals surface area contributed by atoms with Crippen molar-refractivity contribution in [1.82, 2.24) is 4.90 Å². The molecule has 0 aliphatic carbocycles. The summed E-state index contributed by atoms with van der Waals surface area (Å²) in [6.07, 6.45) is 1.77. The Bertz CT molecular complexity index is 466. The Morgan fingerprint density at radius 2 is 2.16 bits per heavy atom. The van der Waals surface area contributed by atoms with Gasteiger partial charge in [-0.2, -0.15) is 0 Å². The molecule has 19 heavy (non-hydrogen) atoms. The first-order valence-corrected chi connectivity index (χ1v) is 7.42. The minimum absolute atomic E-state index is 0.122. The Morgan fingerprint density at radius 1 is 1.47 bits per heavy atom. The molecule has 1 heterocycles. The lowest BCUT2D eigenvalue weighted by atomic mass is 10.0. The van der Waals surface area contributed by atoms with Crippen molar-refractivity contribution >= 4 is 17.2 Å². The van der Waals surface area contributed by atoms with Gasteiger partial charge in [-0.25, -0.2) is 0 Å². The predicted molar refractivity (Wildman–Crippen MR) is 78.8 cm³/mol. The van der Waals surface area contributed by atoms with E-state index in [1.165, 1.54) is 0 Å². The van der Waals surface area contributed by atoms with Gasteiger partial charge in [0.25, 0.3) is 0 Å². The van der Waals surface area contributed by atoms with Crippen LogP contribution in [-0.4, -0.2) is 29.6 Å². The molecule has 0 unspecified atom stereocenters. The molecule has 0 saturated heterocycles. The van der Waals surface area contributed by atoms with Gasteiger partial charge in [0, 0.05) is 19.5 Å². The van der Waals surface area contributed by atoms with Crippen LogP contribution >= 0.6 is 11.3 Å². The van der Waals surface area contributed by atoms with E-state index in [1.807, 2.05) is 32.3 Å². The lowest BCUT2D eigenvalue weighted by Crippen LogP contribution is -2.31. The van der Waals surface area contributed by atoms with Crippen molar-refractivity contribution in [3.63, 3.8) is 0 Å². The smallest absolute Gasteiger partial charge is 0.225 e. The maximum Gasteiger partial charge on any atom is 0.225 e. The summed E-state index contributed by atoms with van der Waals surface area (Å²) in [6.45, 7) is 4.59. The molecule has 0 fully saturated rings. The lowest BCUT2D eigenvalue weighted by Gasteiger charge is -2.21. The Kier molecular flexibility index (Phi) is 6.61. The SMILES string of the molecule is CCC(CC)C(=O)N(C)Cc1csc(C#CCO)c1. The molecule has 3 nitrogen and oxygen atoms in total. The molecule has 0 spiro atoms. The fourth-order valence-corrected chi connectivity index (χ4v) is 2.72. The van der Waals surface area contributed by atoms with Gasteiger partial charge in [0.05, 0.1) is 4.88 Å². The highest BCUT2D eigenvalue weighted by Gasteiger charge is 2.18. The average molecular weight is 279 g/mol. The van der Waals surface area contributed by atoms with Crippen molar-refractivity contribution in [2.75, 3.05) is 13.7 Å². The van der Waals surface area contributed by atoms with Crippen LogP contribution in [0.1, 0.15) is 37.1 Å². The number of carbonyl (C=O) groups excluding carboxylic acids is 1. The lowest BCUT2D eigenvalue weighted by molar-refractivity contribution is -0.134. The molecule has 1 amide bonds. The summed E-state index contributed by atoms with van der Waals surface area (Å²) >= 11 is 1.54. The van der Waals surface area contributed by atoms with Gasteiger partial charge in [-0.15, -0.1) is 11.3 Å². The van der Waals surface area contributed by atoms with Gasteiger partial charge in [-0.1, -0.05) is 25.7 Å². The van der Waals surface area contributed by atoms with E-state index in [-0.39, 0.29) is 18.4 Å². The second-order valence-electron chi connectivity index (χ2n) is 4.49. The molecule has 4 heteroatoms. The van der Waals surface area contributed by atoms with Crippen LogP contribution in [0, 0.1) is 17.8 Å². The normalized spacial score (nSPS) is 10.2. The fraction of sp³-hybridized carbons (Fsp3) is 0.533. The van der Waals surface area contributed by atoms with Crippen LogP contribution in [0.3, 0.4) is 0 Å². The van der Waals surface area contributed by atoms with Crippen LogP contribution in [0.2, 0.25) is 0 Å². The third-order valence-corrected chi connectivity index (χ3v) is 3.97. The number of nitrogens with zero attached hydrogens (tertiary/aromatic N) is 1. The van der Waals surface area contributed by atoms with Crippen LogP contribution in [0.15, 0.2) is 11.4 Å². The topological polar surface area (TPSA) is 40.5 Å². The van der Waals surface area contributed by atoms with E-state index < -0.39 is 0 Å². The summed E-state index contributed by atoms with van der Waals surface area (Å²) in [7, 11) is 1.84. The quantitative estimate of drug-likeness (QED) is 0.841. The van der Waals surface area contributed by atoms with Crippen molar-refractivity contribution in [2.45, 2.75) is 33.2 Å². The minimum atomic E-state index is -0.125. The second-order valence-corrected chi connectivity index (χ2v) is 5.40. The number of hydrogen-bond acceptors (Lipinski definition) is 3. The molecule has 1 aromatic heterocycles. The summed E-state index contributed by atoms with van der Waals surface area (Å²) < 4.78 is 0. The molecule has 0 aliphatic rings. The van der Waals surface area contributed by atoms with Crippen molar-refractivity contribution in [3.8, 4) is 11.8 Å². The Morgan fingerprint density at radius 3 is 2.74 bits per heavy atom. The highest BCUT2D eigenvalue weighted by molar-refractivity contribution is 7.10. The van der Waals surface area contributed by atoms with Crippen LogP contribution in [-0.2, 0) is 11.3 Å². The standard InChI is InChI=1S/C15H21NO2S/c1-4-13(5-2)15(18)16(3)10-12-9-14(19-11-12)7-6-8-17/h9,11,13,17H,4-5,8,10H2,1-3H3. The Balaban J connectivity index is 2.63. The maximum absolute atomic E-state index is 12.2. The summed E-state index contributed by atoms with van der Waals surface area (Å²) in [5.74, 6) is 5.83. The molecule has 0 aliphatic heterocycles. The molecule has 0 aromatic carbocycles. The van der Waals surface area contributed by atoms with Crippen LogP contribution in [0.5, 0.6) is 0 Å². The number of thiophene rings is 1. The van der Waals surface area contributed by atoms with E-state index >= 15 is 0 Å². The average Bonchev–Trinajstić information content (AvgIpc) is 2.85. The van der Waals surface area contributed by atoms with E-state index in [0.717, 1.165) is 23.3 Å². The number of aliphatic hydroxyl groups excluding tert-OH is 1. The van der Waals surface area contributed by atoms with E-state index in [4.69, 9.17) is 5.11 Å². The van der Waals surface area contributed by atoms with Crippen LogP contribution < -0.4 is 0 Å².